The number of fused-ring (bicyclic) bond motifs is 2. The highest BCUT2D eigenvalue weighted by Crippen LogP contribution is 2.41. The van der Waals surface area contributed by atoms with E-state index in [1.54, 1.807) is 6.07 Å². The quantitative estimate of drug-likeness (QED) is 0.784. The Morgan fingerprint density at radius 3 is 2.90 bits per heavy atom. The zero-order valence-electron chi connectivity index (χ0n) is 10.9. The number of hydrogen-bond acceptors (Lipinski definition) is 2. The number of carbonyl (C=O) groups is 1. The number of halogens is 1. The van der Waals surface area contributed by atoms with Gasteiger partial charge in [-0.15, -0.1) is 0 Å². The van der Waals surface area contributed by atoms with E-state index in [4.69, 9.17) is 16.3 Å². The van der Waals surface area contributed by atoms with Crippen molar-refractivity contribution in [2.75, 3.05) is 6.61 Å². The van der Waals surface area contributed by atoms with Gasteiger partial charge < -0.3 is 4.74 Å². The largest absolute Gasteiger partial charge is 0.492 e. The topological polar surface area (TPSA) is 26.3 Å². The Balaban J connectivity index is 1.75. The first-order valence-electron chi connectivity index (χ1n) is 6.81. The van der Waals surface area contributed by atoms with Crippen LogP contribution in [0.3, 0.4) is 0 Å². The second-order valence-corrected chi connectivity index (χ2v) is 5.80. The lowest BCUT2D eigenvalue weighted by molar-refractivity contribution is 0.0946. The fourth-order valence-electron chi connectivity index (χ4n) is 3.13. The summed E-state index contributed by atoms with van der Waals surface area (Å²) >= 11 is 6.13. The first kappa shape index (κ1) is 12.0. The molecule has 0 bridgehead atoms. The Labute approximate surface area is 122 Å². The molecule has 2 aromatic carbocycles. The lowest BCUT2D eigenvalue weighted by Gasteiger charge is -2.29. The van der Waals surface area contributed by atoms with E-state index in [1.165, 1.54) is 5.56 Å². The van der Waals surface area contributed by atoms with E-state index in [2.05, 4.69) is 6.07 Å². The van der Waals surface area contributed by atoms with Crippen molar-refractivity contribution in [1.82, 2.24) is 0 Å². The van der Waals surface area contributed by atoms with Gasteiger partial charge in [0.15, 0.2) is 5.78 Å². The SMILES string of the molecule is O=C(c1cc(Cl)cc2c1OCC2)C1Cc2ccccc21. The molecule has 1 aliphatic carbocycles. The van der Waals surface area contributed by atoms with Crippen LogP contribution in [0.5, 0.6) is 5.75 Å². The second-order valence-electron chi connectivity index (χ2n) is 5.36. The molecule has 4 rings (SSSR count). The van der Waals surface area contributed by atoms with Crippen molar-refractivity contribution in [1.29, 1.82) is 0 Å². The van der Waals surface area contributed by atoms with E-state index in [1.807, 2.05) is 24.3 Å². The first-order valence-corrected chi connectivity index (χ1v) is 7.19. The van der Waals surface area contributed by atoms with Gasteiger partial charge in [-0.3, -0.25) is 4.79 Å². The van der Waals surface area contributed by atoms with Gasteiger partial charge in [0.05, 0.1) is 18.1 Å². The predicted molar refractivity (Wildman–Crippen MR) is 77.9 cm³/mol. The van der Waals surface area contributed by atoms with Crippen LogP contribution >= 0.6 is 11.6 Å². The molecule has 0 N–H and O–H groups in total. The van der Waals surface area contributed by atoms with Gasteiger partial charge in [0.25, 0.3) is 0 Å². The average molecular weight is 285 g/mol. The Kier molecular flexibility index (Phi) is 2.61. The number of benzene rings is 2. The maximum absolute atomic E-state index is 12.8. The monoisotopic (exact) mass is 284 g/mol. The molecule has 0 radical (unpaired) electrons. The number of carbonyl (C=O) groups excluding carboxylic acids is 1. The molecule has 2 aromatic rings. The Morgan fingerprint density at radius 2 is 2.05 bits per heavy atom. The van der Waals surface area contributed by atoms with Crippen LogP contribution in [-0.2, 0) is 12.8 Å². The summed E-state index contributed by atoms with van der Waals surface area (Å²) in [5.41, 5.74) is 4.10. The van der Waals surface area contributed by atoms with Crippen LogP contribution in [0, 0.1) is 0 Å². The van der Waals surface area contributed by atoms with E-state index >= 15 is 0 Å². The highest BCUT2D eigenvalue weighted by atomic mass is 35.5. The molecule has 1 atom stereocenters. The molecular formula is C17H13ClO2. The minimum absolute atomic E-state index is 0.0435. The summed E-state index contributed by atoms with van der Waals surface area (Å²) in [5, 5.41) is 0.616. The summed E-state index contributed by atoms with van der Waals surface area (Å²) in [4.78, 5) is 12.8. The van der Waals surface area contributed by atoms with E-state index in [9.17, 15) is 4.79 Å². The van der Waals surface area contributed by atoms with Crippen LogP contribution in [0.4, 0.5) is 0 Å². The van der Waals surface area contributed by atoms with Crippen LogP contribution in [0.2, 0.25) is 5.02 Å². The van der Waals surface area contributed by atoms with Crippen molar-refractivity contribution in [2.45, 2.75) is 18.8 Å². The third kappa shape index (κ3) is 1.68. The van der Waals surface area contributed by atoms with E-state index in [0.29, 0.717) is 17.2 Å². The number of ether oxygens (including phenoxy) is 1. The van der Waals surface area contributed by atoms with E-state index < -0.39 is 0 Å². The third-order valence-electron chi connectivity index (χ3n) is 4.18. The van der Waals surface area contributed by atoms with Gasteiger partial charge in [-0.05, 0) is 35.2 Å². The molecule has 0 fully saturated rings. The Morgan fingerprint density at radius 1 is 1.20 bits per heavy atom. The zero-order valence-corrected chi connectivity index (χ0v) is 11.6. The molecule has 2 nitrogen and oxygen atoms in total. The fourth-order valence-corrected chi connectivity index (χ4v) is 3.37. The zero-order chi connectivity index (χ0) is 13.7. The van der Waals surface area contributed by atoms with Crippen LogP contribution in [0.25, 0.3) is 0 Å². The van der Waals surface area contributed by atoms with Crippen molar-refractivity contribution >= 4 is 17.4 Å². The molecule has 0 saturated carbocycles. The van der Waals surface area contributed by atoms with Crippen molar-refractivity contribution in [3.05, 3.63) is 63.7 Å². The Hall–Kier alpha value is -1.80. The lowest BCUT2D eigenvalue weighted by atomic mass is 9.73. The summed E-state index contributed by atoms with van der Waals surface area (Å²) in [6.07, 6.45) is 1.65. The predicted octanol–water partition coefficient (Wildman–Crippen LogP) is 3.80. The van der Waals surface area contributed by atoms with Crippen LogP contribution in [0.1, 0.15) is 33.0 Å². The maximum Gasteiger partial charge on any atom is 0.174 e. The molecule has 1 unspecified atom stereocenters. The summed E-state index contributed by atoms with van der Waals surface area (Å²) < 4.78 is 5.63. The van der Waals surface area contributed by atoms with Gasteiger partial charge in [-0.25, -0.2) is 0 Å². The number of ketones is 1. The molecule has 100 valence electrons. The molecule has 20 heavy (non-hydrogen) atoms. The smallest absolute Gasteiger partial charge is 0.174 e. The summed E-state index contributed by atoms with van der Waals surface area (Å²) in [6.45, 7) is 0.636. The molecule has 2 aliphatic rings. The van der Waals surface area contributed by atoms with Crippen molar-refractivity contribution in [3.63, 3.8) is 0 Å². The minimum Gasteiger partial charge on any atom is -0.492 e. The first-order chi connectivity index (χ1) is 9.74. The molecule has 0 amide bonds. The average Bonchev–Trinajstić information content (AvgIpc) is 2.87. The van der Waals surface area contributed by atoms with Crippen LogP contribution < -0.4 is 4.74 Å². The summed E-state index contributed by atoms with van der Waals surface area (Å²) in [7, 11) is 0. The van der Waals surface area contributed by atoms with Gasteiger partial charge in [-0.2, -0.15) is 0 Å². The maximum atomic E-state index is 12.8. The second kappa shape index (κ2) is 4.35. The molecule has 1 aliphatic heterocycles. The van der Waals surface area contributed by atoms with Gasteiger partial charge in [0.2, 0.25) is 0 Å². The molecule has 3 heteroatoms. The molecule has 0 saturated heterocycles. The normalized spacial score (nSPS) is 18.8. The van der Waals surface area contributed by atoms with Gasteiger partial charge in [-0.1, -0.05) is 35.9 Å². The highest BCUT2D eigenvalue weighted by molar-refractivity contribution is 6.31. The third-order valence-corrected chi connectivity index (χ3v) is 4.40. The van der Waals surface area contributed by atoms with Crippen molar-refractivity contribution in [3.8, 4) is 5.75 Å². The molecule has 1 heterocycles. The summed E-state index contributed by atoms with van der Waals surface area (Å²) in [5.74, 6) is 0.825. The molecular weight excluding hydrogens is 272 g/mol. The Bertz CT molecular complexity index is 721. The van der Waals surface area contributed by atoms with Crippen molar-refractivity contribution < 1.29 is 9.53 Å². The van der Waals surface area contributed by atoms with Gasteiger partial charge in [0, 0.05) is 11.4 Å². The van der Waals surface area contributed by atoms with Gasteiger partial charge >= 0.3 is 0 Å². The molecule has 0 aromatic heterocycles. The highest BCUT2D eigenvalue weighted by Gasteiger charge is 2.35. The number of rotatable bonds is 2. The van der Waals surface area contributed by atoms with Crippen LogP contribution in [0.15, 0.2) is 36.4 Å². The number of Topliss-reactive ketones (excluding diaryl/α,β-unsaturated/α-hetero) is 1. The van der Waals surface area contributed by atoms with Crippen molar-refractivity contribution in [2.24, 2.45) is 0 Å². The minimum atomic E-state index is -0.0435. The van der Waals surface area contributed by atoms with E-state index in [-0.39, 0.29) is 11.7 Å². The summed E-state index contributed by atoms with van der Waals surface area (Å²) in [6, 6.07) is 11.8. The standard InChI is InChI=1S/C17H13ClO2/c18-12-7-11-5-6-20-17(11)15(9-12)16(19)14-8-10-3-1-2-4-13(10)14/h1-4,7,9,14H,5-6,8H2. The van der Waals surface area contributed by atoms with E-state index in [0.717, 1.165) is 29.7 Å². The van der Waals surface area contributed by atoms with Crippen LogP contribution in [-0.4, -0.2) is 12.4 Å². The van der Waals surface area contributed by atoms with Gasteiger partial charge in [0.1, 0.15) is 5.75 Å². The fraction of sp³-hybridized carbons (Fsp3) is 0.235. The number of hydrogen-bond donors (Lipinski definition) is 0. The lowest BCUT2D eigenvalue weighted by Crippen LogP contribution is -2.25. The molecule has 0 spiro atoms.